The topological polar surface area (TPSA) is 87.1 Å². The Balaban J connectivity index is 2.25. The highest BCUT2D eigenvalue weighted by atomic mass is 16.3. The lowest BCUT2D eigenvalue weighted by Gasteiger charge is -2.28. The minimum Gasteiger partial charge on any atom is -0.396 e. The largest absolute Gasteiger partial charge is 0.396 e. The smallest absolute Gasteiger partial charge is 0.271 e. The van der Waals surface area contributed by atoms with Crippen molar-refractivity contribution in [2.45, 2.75) is 39.2 Å². The number of aromatic nitrogens is 2. The molecule has 6 nitrogen and oxygen atoms in total. The van der Waals surface area contributed by atoms with Crippen LogP contribution in [-0.2, 0) is 0 Å². The van der Waals surface area contributed by atoms with Crippen LogP contribution >= 0.6 is 0 Å². The molecule has 1 atom stereocenters. The van der Waals surface area contributed by atoms with Gasteiger partial charge in [0.15, 0.2) is 0 Å². The van der Waals surface area contributed by atoms with Gasteiger partial charge in [-0.3, -0.25) is 14.7 Å². The molecular formula is C17H23N3O3. The summed E-state index contributed by atoms with van der Waals surface area (Å²) in [6, 6.07) is 8.72. The number of hydrogen-bond donors (Lipinski definition) is 3. The first-order chi connectivity index (χ1) is 10.9. The van der Waals surface area contributed by atoms with Gasteiger partial charge in [-0.05, 0) is 38.8 Å². The Labute approximate surface area is 135 Å². The summed E-state index contributed by atoms with van der Waals surface area (Å²) in [6.45, 7) is 5.77. The number of H-pyrrole nitrogens is 1. The fraction of sp³-hybridized carbons (Fsp3) is 0.412. The highest BCUT2D eigenvalue weighted by molar-refractivity contribution is 5.92. The number of aryl methyl sites for hydroxylation is 1. The second kappa shape index (κ2) is 6.83. The van der Waals surface area contributed by atoms with Crippen molar-refractivity contribution in [3.05, 3.63) is 51.9 Å². The Morgan fingerprint density at radius 3 is 2.57 bits per heavy atom. The molecule has 0 bridgehead atoms. The van der Waals surface area contributed by atoms with E-state index in [2.05, 4.69) is 10.4 Å². The van der Waals surface area contributed by atoms with Gasteiger partial charge >= 0.3 is 0 Å². The number of nitrogens with one attached hydrogen (secondary N) is 2. The number of benzene rings is 1. The summed E-state index contributed by atoms with van der Waals surface area (Å²) in [5, 5.41) is 14.8. The lowest BCUT2D eigenvalue weighted by molar-refractivity contribution is 0.0880. The van der Waals surface area contributed by atoms with Crippen molar-refractivity contribution < 1.29 is 9.90 Å². The number of rotatable bonds is 6. The Morgan fingerprint density at radius 2 is 2.00 bits per heavy atom. The first-order valence-electron chi connectivity index (χ1n) is 7.71. The summed E-state index contributed by atoms with van der Waals surface area (Å²) in [5.74, 6) is -0.356. The summed E-state index contributed by atoms with van der Waals surface area (Å²) in [7, 11) is 0. The van der Waals surface area contributed by atoms with Crippen LogP contribution in [0.25, 0.3) is 5.69 Å². The van der Waals surface area contributed by atoms with Crippen molar-refractivity contribution >= 4 is 5.91 Å². The summed E-state index contributed by atoms with van der Waals surface area (Å²) < 4.78 is 1.34. The van der Waals surface area contributed by atoms with Gasteiger partial charge in [-0.15, -0.1) is 0 Å². The third-order valence-corrected chi connectivity index (χ3v) is 4.12. The molecule has 1 aromatic heterocycles. The van der Waals surface area contributed by atoms with E-state index >= 15 is 0 Å². The molecule has 1 amide bonds. The van der Waals surface area contributed by atoms with E-state index in [1.54, 1.807) is 0 Å². The van der Waals surface area contributed by atoms with E-state index in [0.717, 1.165) is 5.56 Å². The molecule has 3 N–H and O–H groups in total. The monoisotopic (exact) mass is 317 g/mol. The van der Waals surface area contributed by atoms with Crippen LogP contribution in [0.1, 0.15) is 42.7 Å². The van der Waals surface area contributed by atoms with Crippen molar-refractivity contribution in [1.82, 2.24) is 15.1 Å². The van der Waals surface area contributed by atoms with Crippen LogP contribution in [0.3, 0.4) is 0 Å². The van der Waals surface area contributed by atoms with E-state index in [-0.39, 0.29) is 23.8 Å². The predicted molar refractivity (Wildman–Crippen MR) is 89.0 cm³/mol. The van der Waals surface area contributed by atoms with Crippen molar-refractivity contribution in [3.8, 4) is 5.69 Å². The van der Waals surface area contributed by atoms with E-state index in [1.807, 2.05) is 45.0 Å². The summed E-state index contributed by atoms with van der Waals surface area (Å²) in [4.78, 5) is 24.5. The molecule has 23 heavy (non-hydrogen) atoms. The molecule has 2 rings (SSSR count). The second-order valence-electron chi connectivity index (χ2n) is 6.02. The maximum Gasteiger partial charge on any atom is 0.271 e. The standard InChI is InChI=1S/C17H23N3O3/c1-4-17(3,9-10-21)18-16(23)14-11-15(22)20(19-14)13-7-5-12(2)6-8-13/h5-8,11,19,21H,4,9-10H2,1-3H3,(H,18,23). The Bertz CT molecular complexity index is 730. The van der Waals surface area contributed by atoms with Gasteiger partial charge in [-0.25, -0.2) is 4.68 Å². The van der Waals surface area contributed by atoms with Gasteiger partial charge in [-0.1, -0.05) is 24.6 Å². The van der Waals surface area contributed by atoms with Crippen LogP contribution in [0.2, 0.25) is 0 Å². The fourth-order valence-corrected chi connectivity index (χ4v) is 2.31. The first-order valence-corrected chi connectivity index (χ1v) is 7.71. The molecule has 6 heteroatoms. The molecule has 1 heterocycles. The van der Waals surface area contributed by atoms with E-state index in [9.17, 15) is 9.59 Å². The third-order valence-electron chi connectivity index (χ3n) is 4.12. The number of amides is 1. The number of aromatic amines is 1. The minimum absolute atomic E-state index is 0.00841. The van der Waals surface area contributed by atoms with Crippen LogP contribution in [0, 0.1) is 6.92 Å². The molecule has 0 fully saturated rings. The molecule has 0 spiro atoms. The molecule has 0 saturated carbocycles. The van der Waals surface area contributed by atoms with Crippen LogP contribution in [0.4, 0.5) is 0 Å². The maximum absolute atomic E-state index is 12.4. The van der Waals surface area contributed by atoms with Crippen LogP contribution < -0.4 is 10.9 Å². The quantitative estimate of drug-likeness (QED) is 0.758. The van der Waals surface area contributed by atoms with Crippen LogP contribution in [0.15, 0.2) is 35.1 Å². The van der Waals surface area contributed by atoms with E-state index < -0.39 is 5.54 Å². The number of aliphatic hydroxyl groups is 1. The highest BCUT2D eigenvalue weighted by Crippen LogP contribution is 2.14. The zero-order valence-electron chi connectivity index (χ0n) is 13.7. The summed E-state index contributed by atoms with van der Waals surface area (Å²) in [6.07, 6.45) is 1.14. The number of nitrogens with zero attached hydrogens (tertiary/aromatic N) is 1. The van der Waals surface area contributed by atoms with Gasteiger partial charge in [0.25, 0.3) is 11.5 Å². The SMILES string of the molecule is CCC(C)(CCO)NC(=O)c1cc(=O)n(-c2ccc(C)cc2)[nH]1. The Morgan fingerprint density at radius 1 is 1.35 bits per heavy atom. The number of aliphatic hydroxyl groups excluding tert-OH is 1. The molecule has 0 saturated heterocycles. The van der Waals surface area contributed by atoms with Gasteiger partial charge in [-0.2, -0.15) is 0 Å². The fourth-order valence-electron chi connectivity index (χ4n) is 2.31. The maximum atomic E-state index is 12.4. The molecule has 0 aliphatic carbocycles. The average Bonchev–Trinajstić information content (AvgIpc) is 2.90. The third kappa shape index (κ3) is 3.90. The molecule has 0 aliphatic rings. The lowest BCUT2D eigenvalue weighted by atomic mass is 9.95. The zero-order chi connectivity index (χ0) is 17.0. The molecule has 1 unspecified atom stereocenters. The predicted octanol–water partition coefficient (Wildman–Crippen LogP) is 1.75. The first kappa shape index (κ1) is 17.0. The number of hydrogen-bond acceptors (Lipinski definition) is 3. The second-order valence-corrected chi connectivity index (χ2v) is 6.02. The van der Waals surface area contributed by atoms with Crippen LogP contribution in [-0.4, -0.2) is 32.9 Å². The van der Waals surface area contributed by atoms with Crippen molar-refractivity contribution in [2.24, 2.45) is 0 Å². The Kier molecular flexibility index (Phi) is 5.05. The minimum atomic E-state index is -0.505. The van der Waals surface area contributed by atoms with E-state index in [4.69, 9.17) is 5.11 Å². The lowest BCUT2D eigenvalue weighted by Crippen LogP contribution is -2.46. The van der Waals surface area contributed by atoms with E-state index in [1.165, 1.54) is 10.7 Å². The van der Waals surface area contributed by atoms with Crippen molar-refractivity contribution in [2.75, 3.05) is 6.61 Å². The summed E-state index contributed by atoms with van der Waals surface area (Å²) in [5.41, 5.74) is 1.17. The molecule has 0 aliphatic heterocycles. The normalized spacial score (nSPS) is 13.6. The molecule has 2 aromatic rings. The molecule has 1 aromatic carbocycles. The van der Waals surface area contributed by atoms with Gasteiger partial charge in [0.2, 0.25) is 0 Å². The van der Waals surface area contributed by atoms with Gasteiger partial charge < -0.3 is 10.4 Å². The molecular weight excluding hydrogens is 294 g/mol. The zero-order valence-corrected chi connectivity index (χ0v) is 13.7. The average molecular weight is 317 g/mol. The molecule has 0 radical (unpaired) electrons. The van der Waals surface area contributed by atoms with Gasteiger partial charge in [0, 0.05) is 18.2 Å². The summed E-state index contributed by atoms with van der Waals surface area (Å²) >= 11 is 0. The highest BCUT2D eigenvalue weighted by Gasteiger charge is 2.25. The van der Waals surface area contributed by atoms with Crippen molar-refractivity contribution in [1.29, 1.82) is 0 Å². The number of carbonyl (C=O) groups is 1. The van der Waals surface area contributed by atoms with Gasteiger partial charge in [0.05, 0.1) is 5.69 Å². The van der Waals surface area contributed by atoms with E-state index in [0.29, 0.717) is 18.5 Å². The van der Waals surface area contributed by atoms with Crippen molar-refractivity contribution in [3.63, 3.8) is 0 Å². The van der Waals surface area contributed by atoms with Crippen LogP contribution in [0.5, 0.6) is 0 Å². The number of carbonyl (C=O) groups excluding carboxylic acids is 1. The van der Waals surface area contributed by atoms with Gasteiger partial charge in [0.1, 0.15) is 5.69 Å². The Hall–Kier alpha value is -2.34. The molecule has 124 valence electrons.